The summed E-state index contributed by atoms with van der Waals surface area (Å²) in [5, 5.41) is 13.7. The molecule has 0 aliphatic carbocycles. The van der Waals surface area contributed by atoms with Crippen molar-refractivity contribution in [2.24, 2.45) is 5.41 Å². The van der Waals surface area contributed by atoms with Gasteiger partial charge in [-0.15, -0.1) is 0 Å². The second-order valence-electron chi connectivity index (χ2n) is 8.07. The van der Waals surface area contributed by atoms with E-state index in [2.05, 4.69) is 59.8 Å². The second-order valence-corrected chi connectivity index (χ2v) is 8.07. The van der Waals surface area contributed by atoms with Crippen LogP contribution in [0.15, 0.2) is 24.3 Å². The first-order valence-corrected chi connectivity index (χ1v) is 8.73. The number of aliphatic hydroxyl groups excluding tert-OH is 1. The molecule has 2 atom stereocenters. The molecule has 3 heteroatoms. The van der Waals surface area contributed by atoms with Crippen molar-refractivity contribution in [3.8, 4) is 5.75 Å². The van der Waals surface area contributed by atoms with E-state index in [1.54, 1.807) is 0 Å². The number of para-hydroxylation sites is 1. The molecule has 0 bridgehead atoms. The van der Waals surface area contributed by atoms with E-state index < -0.39 is 6.10 Å². The Labute approximate surface area is 142 Å². The van der Waals surface area contributed by atoms with Crippen LogP contribution < -0.4 is 10.1 Å². The number of ether oxygens (including phenoxy) is 1. The molecule has 1 aromatic rings. The van der Waals surface area contributed by atoms with Crippen LogP contribution in [0.1, 0.15) is 66.4 Å². The Balaban J connectivity index is 2.56. The normalized spacial score (nSPS) is 15.3. The zero-order chi connectivity index (χ0) is 17.7. The molecule has 1 aromatic carbocycles. The molecule has 1 rings (SSSR count). The number of rotatable bonds is 8. The SMILES string of the molecule is CC[C@@H](C)c1ccccc1OC[C@@H](O)CNC(C)(C)C(C)(C)C. The van der Waals surface area contributed by atoms with Crippen LogP contribution in [0.25, 0.3) is 0 Å². The summed E-state index contributed by atoms with van der Waals surface area (Å²) in [6.45, 7) is 16.1. The van der Waals surface area contributed by atoms with Gasteiger partial charge in [-0.1, -0.05) is 52.8 Å². The number of nitrogens with one attached hydrogen (secondary N) is 1. The molecule has 0 unspecified atom stereocenters. The molecule has 0 aromatic heterocycles. The molecule has 0 aliphatic heterocycles. The maximum Gasteiger partial charge on any atom is 0.122 e. The Morgan fingerprint density at radius 1 is 1.13 bits per heavy atom. The summed E-state index contributed by atoms with van der Waals surface area (Å²) in [7, 11) is 0. The number of benzene rings is 1. The summed E-state index contributed by atoms with van der Waals surface area (Å²) >= 11 is 0. The van der Waals surface area contributed by atoms with Crippen LogP contribution in [0.2, 0.25) is 0 Å². The van der Waals surface area contributed by atoms with Crippen LogP contribution in [0.5, 0.6) is 5.75 Å². The molecular formula is C20H35NO2. The van der Waals surface area contributed by atoms with Gasteiger partial charge in [0.05, 0.1) is 0 Å². The maximum atomic E-state index is 10.2. The van der Waals surface area contributed by atoms with Crippen LogP contribution in [0.3, 0.4) is 0 Å². The third-order valence-corrected chi connectivity index (χ3v) is 5.15. The van der Waals surface area contributed by atoms with Gasteiger partial charge >= 0.3 is 0 Å². The molecule has 0 fully saturated rings. The van der Waals surface area contributed by atoms with E-state index in [9.17, 15) is 5.11 Å². The van der Waals surface area contributed by atoms with Crippen LogP contribution in [0, 0.1) is 5.41 Å². The Kier molecular flexibility index (Phi) is 7.09. The van der Waals surface area contributed by atoms with Gasteiger partial charge in [0.25, 0.3) is 0 Å². The van der Waals surface area contributed by atoms with E-state index in [1.165, 1.54) is 5.56 Å². The van der Waals surface area contributed by atoms with Gasteiger partial charge in [0, 0.05) is 12.1 Å². The van der Waals surface area contributed by atoms with E-state index in [0.29, 0.717) is 19.1 Å². The largest absolute Gasteiger partial charge is 0.491 e. The predicted molar refractivity (Wildman–Crippen MR) is 98.2 cm³/mol. The van der Waals surface area contributed by atoms with Gasteiger partial charge in [-0.2, -0.15) is 0 Å². The summed E-state index contributed by atoms with van der Waals surface area (Å²) in [4.78, 5) is 0. The Morgan fingerprint density at radius 3 is 2.30 bits per heavy atom. The van der Waals surface area contributed by atoms with Gasteiger partial charge in [-0.3, -0.25) is 0 Å². The van der Waals surface area contributed by atoms with Gasteiger partial charge in [0.1, 0.15) is 18.5 Å². The average molecular weight is 322 g/mol. The van der Waals surface area contributed by atoms with Crippen LogP contribution in [0.4, 0.5) is 0 Å². The molecule has 0 radical (unpaired) electrons. The molecule has 0 heterocycles. The highest BCUT2D eigenvalue weighted by Crippen LogP contribution is 2.30. The summed E-state index contributed by atoms with van der Waals surface area (Å²) in [6, 6.07) is 8.12. The molecule has 0 saturated carbocycles. The number of hydrogen-bond donors (Lipinski definition) is 2. The third-order valence-electron chi connectivity index (χ3n) is 5.15. The van der Waals surface area contributed by atoms with E-state index in [0.717, 1.165) is 12.2 Å². The lowest BCUT2D eigenvalue weighted by molar-refractivity contribution is 0.0826. The Hall–Kier alpha value is -1.06. The summed E-state index contributed by atoms with van der Waals surface area (Å²) in [5.41, 5.74) is 1.28. The van der Waals surface area contributed by atoms with Crippen molar-refractivity contribution in [2.45, 2.75) is 72.4 Å². The molecule has 2 N–H and O–H groups in total. The molecular weight excluding hydrogens is 286 g/mol. The van der Waals surface area contributed by atoms with Gasteiger partial charge in [-0.05, 0) is 43.2 Å². The molecule has 0 saturated heterocycles. The van der Waals surface area contributed by atoms with Crippen LogP contribution in [-0.2, 0) is 0 Å². The van der Waals surface area contributed by atoms with Crippen molar-refractivity contribution in [3.63, 3.8) is 0 Å². The van der Waals surface area contributed by atoms with Gasteiger partial charge in [0.2, 0.25) is 0 Å². The minimum absolute atomic E-state index is 0.0530. The first kappa shape index (κ1) is 20.0. The zero-order valence-corrected chi connectivity index (χ0v) is 15.9. The van der Waals surface area contributed by atoms with Crippen molar-refractivity contribution >= 4 is 0 Å². The first-order valence-electron chi connectivity index (χ1n) is 8.73. The summed E-state index contributed by atoms with van der Waals surface area (Å²) in [6.07, 6.45) is 0.547. The van der Waals surface area contributed by atoms with Crippen molar-refractivity contribution in [3.05, 3.63) is 29.8 Å². The number of hydrogen-bond acceptors (Lipinski definition) is 3. The minimum Gasteiger partial charge on any atom is -0.491 e. The van der Waals surface area contributed by atoms with Gasteiger partial charge in [0.15, 0.2) is 0 Å². The fraction of sp³-hybridized carbons (Fsp3) is 0.700. The lowest BCUT2D eigenvalue weighted by atomic mass is 9.76. The van der Waals surface area contributed by atoms with Crippen LogP contribution >= 0.6 is 0 Å². The second kappa shape index (κ2) is 8.16. The minimum atomic E-state index is -0.526. The Morgan fingerprint density at radius 2 is 1.74 bits per heavy atom. The van der Waals surface area contributed by atoms with Crippen LogP contribution in [-0.4, -0.2) is 29.9 Å². The highest BCUT2D eigenvalue weighted by Gasteiger charge is 2.32. The molecule has 3 nitrogen and oxygen atoms in total. The molecule has 0 spiro atoms. The number of β-amino-alcohol motifs (C(OH)–C–C–N with tert-alkyl or cyclic N) is 1. The maximum absolute atomic E-state index is 10.2. The van der Waals surface area contributed by atoms with Crippen molar-refractivity contribution in [2.75, 3.05) is 13.2 Å². The van der Waals surface area contributed by atoms with E-state index >= 15 is 0 Å². The fourth-order valence-electron chi connectivity index (χ4n) is 2.12. The molecule has 0 amide bonds. The quantitative estimate of drug-likeness (QED) is 0.748. The van der Waals surface area contributed by atoms with Gasteiger partial charge < -0.3 is 15.2 Å². The van der Waals surface area contributed by atoms with Crippen molar-refractivity contribution < 1.29 is 9.84 Å². The standard InChI is InChI=1S/C20H35NO2/c1-8-15(2)17-11-9-10-12-18(17)23-14-16(22)13-21-20(6,7)19(3,4)5/h9-12,15-16,21-22H,8,13-14H2,1-7H3/t15-,16+/m1/s1. The lowest BCUT2D eigenvalue weighted by Gasteiger charge is -2.40. The van der Waals surface area contributed by atoms with Gasteiger partial charge in [-0.25, -0.2) is 0 Å². The topological polar surface area (TPSA) is 41.5 Å². The zero-order valence-electron chi connectivity index (χ0n) is 15.9. The van der Waals surface area contributed by atoms with Crippen molar-refractivity contribution in [1.29, 1.82) is 0 Å². The van der Waals surface area contributed by atoms with E-state index in [-0.39, 0.29) is 11.0 Å². The fourth-order valence-corrected chi connectivity index (χ4v) is 2.12. The van der Waals surface area contributed by atoms with Crippen molar-refractivity contribution in [1.82, 2.24) is 5.32 Å². The molecule has 132 valence electrons. The third kappa shape index (κ3) is 5.82. The summed E-state index contributed by atoms with van der Waals surface area (Å²) < 4.78 is 5.88. The first-order chi connectivity index (χ1) is 10.6. The van der Waals surface area contributed by atoms with E-state index in [1.807, 2.05) is 18.2 Å². The smallest absolute Gasteiger partial charge is 0.122 e. The average Bonchev–Trinajstić information content (AvgIpc) is 2.49. The Bertz CT molecular complexity index is 477. The summed E-state index contributed by atoms with van der Waals surface area (Å²) in [5.74, 6) is 1.34. The monoisotopic (exact) mass is 321 g/mol. The molecule has 0 aliphatic rings. The molecule has 23 heavy (non-hydrogen) atoms. The number of aliphatic hydroxyl groups is 1. The highest BCUT2D eigenvalue weighted by atomic mass is 16.5. The van der Waals surface area contributed by atoms with E-state index in [4.69, 9.17) is 4.74 Å². The highest BCUT2D eigenvalue weighted by molar-refractivity contribution is 5.35. The lowest BCUT2D eigenvalue weighted by Crippen LogP contribution is -2.52. The predicted octanol–water partition coefficient (Wildman–Crippen LogP) is 4.35.